The van der Waals surface area contributed by atoms with Crippen molar-refractivity contribution in [3.8, 4) is 0 Å². The Morgan fingerprint density at radius 1 is 1.18 bits per heavy atom. The van der Waals surface area contributed by atoms with Crippen molar-refractivity contribution in [3.63, 3.8) is 0 Å². The summed E-state index contributed by atoms with van der Waals surface area (Å²) in [7, 11) is 0. The van der Waals surface area contributed by atoms with Crippen LogP contribution in [0.15, 0.2) is 48.5 Å². The van der Waals surface area contributed by atoms with Crippen LogP contribution >= 0.6 is 0 Å². The third-order valence-corrected chi connectivity index (χ3v) is 3.56. The summed E-state index contributed by atoms with van der Waals surface area (Å²) in [6.45, 7) is 6.46. The maximum absolute atomic E-state index is 12.1. The van der Waals surface area contributed by atoms with Gasteiger partial charge >= 0.3 is 0 Å². The van der Waals surface area contributed by atoms with Crippen LogP contribution in [0.1, 0.15) is 22.8 Å². The molecule has 0 radical (unpaired) electrons. The van der Waals surface area contributed by atoms with Gasteiger partial charge in [-0.05, 0) is 49.7 Å². The van der Waals surface area contributed by atoms with E-state index in [4.69, 9.17) is 5.73 Å². The molecule has 0 aliphatic rings. The Morgan fingerprint density at radius 3 is 2.64 bits per heavy atom. The lowest BCUT2D eigenvalue weighted by Crippen LogP contribution is -2.35. The number of nitrogens with two attached hydrogens (primary N) is 1. The molecule has 116 valence electrons. The zero-order valence-electron chi connectivity index (χ0n) is 13.2. The molecule has 0 saturated carbocycles. The molecule has 3 N–H and O–H groups in total. The first kappa shape index (κ1) is 15.9. The Bertz CT molecular complexity index is 640. The molecule has 1 amide bonds. The molecular formula is C18H23N3O. The van der Waals surface area contributed by atoms with E-state index in [1.54, 1.807) is 24.3 Å². The van der Waals surface area contributed by atoms with Crippen molar-refractivity contribution in [2.24, 2.45) is 0 Å². The molecule has 0 fully saturated rings. The topological polar surface area (TPSA) is 58.4 Å². The zero-order valence-corrected chi connectivity index (χ0v) is 13.2. The fourth-order valence-electron chi connectivity index (χ4n) is 2.38. The van der Waals surface area contributed by atoms with E-state index in [1.807, 2.05) is 0 Å². The van der Waals surface area contributed by atoms with Crippen LogP contribution in [-0.4, -0.2) is 25.5 Å². The molecule has 2 rings (SSSR count). The molecule has 0 atom stereocenters. The number of likely N-dealkylation sites (N-methyl/N-ethyl adjacent to an activating group) is 1. The lowest BCUT2D eigenvalue weighted by molar-refractivity contribution is 0.0954. The fraction of sp³-hybridized carbons (Fsp3) is 0.278. The predicted molar refractivity (Wildman–Crippen MR) is 92.3 cm³/mol. The van der Waals surface area contributed by atoms with Gasteiger partial charge in [0.25, 0.3) is 5.91 Å². The maximum Gasteiger partial charge on any atom is 0.251 e. The monoisotopic (exact) mass is 297 g/mol. The molecule has 0 bridgehead atoms. The molecule has 0 aromatic heterocycles. The summed E-state index contributed by atoms with van der Waals surface area (Å²) in [4.78, 5) is 14.3. The van der Waals surface area contributed by atoms with Crippen LogP contribution in [0.5, 0.6) is 0 Å². The van der Waals surface area contributed by atoms with Crippen molar-refractivity contribution in [3.05, 3.63) is 59.7 Å². The zero-order chi connectivity index (χ0) is 15.9. The van der Waals surface area contributed by atoms with Crippen molar-refractivity contribution in [1.29, 1.82) is 0 Å². The van der Waals surface area contributed by atoms with Crippen molar-refractivity contribution >= 4 is 17.3 Å². The fourth-order valence-corrected chi connectivity index (χ4v) is 2.38. The quantitative estimate of drug-likeness (QED) is 0.806. The number of anilines is 2. The largest absolute Gasteiger partial charge is 0.399 e. The van der Waals surface area contributed by atoms with Crippen molar-refractivity contribution in [2.45, 2.75) is 13.8 Å². The predicted octanol–water partition coefficient (Wildman–Crippen LogP) is 2.83. The Labute approximate surface area is 131 Å². The van der Waals surface area contributed by atoms with E-state index >= 15 is 0 Å². The molecule has 0 aliphatic heterocycles. The van der Waals surface area contributed by atoms with Gasteiger partial charge in [0, 0.05) is 36.6 Å². The molecule has 0 heterocycles. The summed E-state index contributed by atoms with van der Waals surface area (Å²) >= 11 is 0. The third-order valence-electron chi connectivity index (χ3n) is 3.56. The minimum absolute atomic E-state index is 0.0902. The third kappa shape index (κ3) is 4.25. The van der Waals surface area contributed by atoms with E-state index in [1.165, 1.54) is 11.3 Å². The first-order chi connectivity index (χ1) is 10.6. The van der Waals surface area contributed by atoms with Crippen LogP contribution in [0, 0.1) is 6.92 Å². The summed E-state index contributed by atoms with van der Waals surface area (Å²) in [5.74, 6) is -0.0902. The Kier molecular flexibility index (Phi) is 5.42. The first-order valence-corrected chi connectivity index (χ1v) is 7.55. The molecule has 2 aromatic rings. The summed E-state index contributed by atoms with van der Waals surface area (Å²) in [5.41, 5.74) is 9.31. The van der Waals surface area contributed by atoms with Gasteiger partial charge in [0.1, 0.15) is 0 Å². The second-order valence-corrected chi connectivity index (χ2v) is 5.30. The normalized spacial score (nSPS) is 10.3. The number of hydrogen-bond donors (Lipinski definition) is 2. The summed E-state index contributed by atoms with van der Waals surface area (Å²) in [6.07, 6.45) is 0. The number of rotatable bonds is 6. The molecule has 0 unspecified atom stereocenters. The van der Waals surface area contributed by atoms with E-state index in [9.17, 15) is 4.79 Å². The number of nitrogens with one attached hydrogen (secondary N) is 1. The van der Waals surface area contributed by atoms with Crippen LogP contribution < -0.4 is 16.0 Å². The van der Waals surface area contributed by atoms with E-state index in [0.29, 0.717) is 17.8 Å². The summed E-state index contributed by atoms with van der Waals surface area (Å²) in [5, 5.41) is 2.94. The van der Waals surface area contributed by atoms with E-state index in [2.05, 4.69) is 48.3 Å². The highest BCUT2D eigenvalue weighted by Gasteiger charge is 2.07. The maximum atomic E-state index is 12.1. The minimum atomic E-state index is -0.0902. The van der Waals surface area contributed by atoms with Crippen LogP contribution in [0.2, 0.25) is 0 Å². The number of carbonyl (C=O) groups excluding carboxylic acids is 1. The smallest absolute Gasteiger partial charge is 0.251 e. The second-order valence-electron chi connectivity index (χ2n) is 5.30. The highest BCUT2D eigenvalue weighted by molar-refractivity contribution is 5.94. The molecule has 4 heteroatoms. The van der Waals surface area contributed by atoms with Gasteiger partial charge in [-0.15, -0.1) is 0 Å². The molecule has 0 saturated heterocycles. The first-order valence-electron chi connectivity index (χ1n) is 7.55. The van der Waals surface area contributed by atoms with Gasteiger partial charge in [0.15, 0.2) is 0 Å². The Balaban J connectivity index is 1.90. The number of amides is 1. The van der Waals surface area contributed by atoms with Crippen molar-refractivity contribution in [1.82, 2.24) is 5.32 Å². The van der Waals surface area contributed by atoms with Crippen LogP contribution in [-0.2, 0) is 0 Å². The van der Waals surface area contributed by atoms with E-state index in [-0.39, 0.29) is 5.91 Å². The van der Waals surface area contributed by atoms with Gasteiger partial charge in [-0.3, -0.25) is 4.79 Å². The Hall–Kier alpha value is -2.49. The van der Waals surface area contributed by atoms with Crippen molar-refractivity contribution in [2.75, 3.05) is 30.3 Å². The molecule has 22 heavy (non-hydrogen) atoms. The van der Waals surface area contributed by atoms with E-state index in [0.717, 1.165) is 13.1 Å². The average molecular weight is 297 g/mol. The SMILES string of the molecule is CCN(CCNC(=O)c1cccc(N)c1)c1cccc(C)c1. The number of nitrogen functional groups attached to an aromatic ring is 1. The number of benzene rings is 2. The number of nitrogens with zero attached hydrogens (tertiary/aromatic N) is 1. The highest BCUT2D eigenvalue weighted by atomic mass is 16.1. The molecule has 0 aliphatic carbocycles. The number of aryl methyl sites for hydroxylation is 1. The lowest BCUT2D eigenvalue weighted by atomic mass is 10.2. The van der Waals surface area contributed by atoms with Crippen LogP contribution in [0.25, 0.3) is 0 Å². The number of carbonyl (C=O) groups is 1. The average Bonchev–Trinajstić information content (AvgIpc) is 2.51. The molecular weight excluding hydrogens is 274 g/mol. The molecule has 2 aromatic carbocycles. The van der Waals surface area contributed by atoms with Gasteiger partial charge in [0.2, 0.25) is 0 Å². The van der Waals surface area contributed by atoms with Gasteiger partial charge < -0.3 is 16.0 Å². The lowest BCUT2D eigenvalue weighted by Gasteiger charge is -2.23. The summed E-state index contributed by atoms with van der Waals surface area (Å²) in [6, 6.07) is 15.4. The standard InChI is InChI=1S/C18H23N3O/c1-3-21(17-9-4-6-14(2)12-17)11-10-20-18(22)15-7-5-8-16(19)13-15/h4-9,12-13H,3,10-11,19H2,1-2H3,(H,20,22). The molecule has 0 spiro atoms. The van der Waals surface area contributed by atoms with Crippen LogP contribution in [0.3, 0.4) is 0 Å². The second kappa shape index (κ2) is 7.50. The Morgan fingerprint density at radius 2 is 1.95 bits per heavy atom. The van der Waals surface area contributed by atoms with Gasteiger partial charge in [-0.25, -0.2) is 0 Å². The summed E-state index contributed by atoms with van der Waals surface area (Å²) < 4.78 is 0. The van der Waals surface area contributed by atoms with Crippen molar-refractivity contribution < 1.29 is 4.79 Å². The number of hydrogen-bond acceptors (Lipinski definition) is 3. The van der Waals surface area contributed by atoms with Gasteiger partial charge in [0.05, 0.1) is 0 Å². The highest BCUT2D eigenvalue weighted by Crippen LogP contribution is 2.15. The van der Waals surface area contributed by atoms with Gasteiger partial charge in [-0.2, -0.15) is 0 Å². The van der Waals surface area contributed by atoms with Gasteiger partial charge in [-0.1, -0.05) is 18.2 Å². The van der Waals surface area contributed by atoms with E-state index < -0.39 is 0 Å². The molecule has 4 nitrogen and oxygen atoms in total. The van der Waals surface area contributed by atoms with Crippen LogP contribution in [0.4, 0.5) is 11.4 Å². The minimum Gasteiger partial charge on any atom is -0.399 e.